The van der Waals surface area contributed by atoms with E-state index in [9.17, 15) is 9.18 Å². The van der Waals surface area contributed by atoms with Crippen LogP contribution in [0.25, 0.3) is 0 Å². The van der Waals surface area contributed by atoms with Crippen LogP contribution in [0.1, 0.15) is 28.8 Å². The Morgan fingerprint density at radius 3 is 2.78 bits per heavy atom. The average Bonchev–Trinajstić information content (AvgIpc) is 2.37. The number of halogens is 1. The van der Waals surface area contributed by atoms with E-state index in [1.807, 2.05) is 0 Å². The van der Waals surface area contributed by atoms with Gasteiger partial charge in [-0.15, -0.1) is 0 Å². The maximum atomic E-state index is 13.4. The number of hydrogen-bond acceptors (Lipinski definition) is 3. The van der Waals surface area contributed by atoms with Crippen molar-refractivity contribution in [3.05, 3.63) is 35.1 Å². The Morgan fingerprint density at radius 1 is 1.44 bits per heavy atom. The molecule has 0 saturated carbocycles. The molecule has 0 unspecified atom stereocenters. The molecule has 1 heterocycles. The first kappa shape index (κ1) is 13.0. The first-order valence-corrected chi connectivity index (χ1v) is 5.99. The van der Waals surface area contributed by atoms with Gasteiger partial charge in [0.2, 0.25) is 0 Å². The molecule has 5 heteroatoms. The Balaban J connectivity index is 1.93. The Morgan fingerprint density at radius 2 is 2.17 bits per heavy atom. The zero-order valence-corrected chi connectivity index (χ0v) is 9.99. The summed E-state index contributed by atoms with van der Waals surface area (Å²) in [5.41, 5.74) is 0.466. The molecule has 0 spiro atoms. The Labute approximate surface area is 105 Å². The smallest absolute Gasteiger partial charge is 0.338 e. The summed E-state index contributed by atoms with van der Waals surface area (Å²) in [7, 11) is 0. The number of aromatic carboxylic acids is 1. The molecule has 0 aromatic heterocycles. The highest BCUT2D eigenvalue weighted by atomic mass is 19.1. The van der Waals surface area contributed by atoms with Gasteiger partial charge in [0, 0.05) is 25.8 Å². The summed E-state index contributed by atoms with van der Waals surface area (Å²) < 4.78 is 18.7. The first-order chi connectivity index (χ1) is 8.66. The fourth-order valence-corrected chi connectivity index (χ4v) is 2.01. The molecule has 1 saturated heterocycles. The minimum Gasteiger partial charge on any atom is -0.478 e. The van der Waals surface area contributed by atoms with Crippen LogP contribution in [-0.2, 0) is 11.3 Å². The Bertz CT molecular complexity index is 430. The van der Waals surface area contributed by atoms with Crippen LogP contribution in [0.3, 0.4) is 0 Å². The summed E-state index contributed by atoms with van der Waals surface area (Å²) in [5.74, 6) is -1.93. The van der Waals surface area contributed by atoms with E-state index in [-0.39, 0.29) is 5.56 Å². The van der Waals surface area contributed by atoms with Gasteiger partial charge in [-0.2, -0.15) is 0 Å². The molecule has 0 atom stereocenters. The van der Waals surface area contributed by atoms with Crippen molar-refractivity contribution in [1.82, 2.24) is 5.32 Å². The van der Waals surface area contributed by atoms with Crippen molar-refractivity contribution in [2.45, 2.75) is 25.4 Å². The molecule has 1 aromatic carbocycles. The van der Waals surface area contributed by atoms with Crippen molar-refractivity contribution in [2.24, 2.45) is 0 Å². The lowest BCUT2D eigenvalue weighted by Crippen LogP contribution is -2.34. The molecule has 1 aliphatic rings. The minimum atomic E-state index is -1.24. The second-order valence-corrected chi connectivity index (χ2v) is 4.39. The van der Waals surface area contributed by atoms with E-state index in [1.54, 1.807) is 6.07 Å². The predicted octanol–water partition coefficient (Wildman–Crippen LogP) is 1.79. The lowest BCUT2D eigenvalue weighted by atomic mass is 10.1. The van der Waals surface area contributed by atoms with Crippen molar-refractivity contribution in [2.75, 3.05) is 13.2 Å². The molecule has 18 heavy (non-hydrogen) atoms. The fourth-order valence-electron chi connectivity index (χ4n) is 2.01. The highest BCUT2D eigenvalue weighted by Gasteiger charge is 2.14. The lowest BCUT2D eigenvalue weighted by Gasteiger charge is -2.23. The fraction of sp³-hybridized carbons (Fsp3) is 0.462. The quantitative estimate of drug-likeness (QED) is 0.859. The highest BCUT2D eigenvalue weighted by molar-refractivity contribution is 5.87. The monoisotopic (exact) mass is 253 g/mol. The lowest BCUT2D eigenvalue weighted by molar-refractivity contribution is 0.0691. The van der Waals surface area contributed by atoms with Gasteiger partial charge < -0.3 is 15.2 Å². The van der Waals surface area contributed by atoms with E-state index < -0.39 is 11.8 Å². The van der Waals surface area contributed by atoms with Gasteiger partial charge in [0.1, 0.15) is 5.82 Å². The summed E-state index contributed by atoms with van der Waals surface area (Å²) >= 11 is 0. The molecule has 4 nitrogen and oxygen atoms in total. The average molecular weight is 253 g/mol. The van der Waals surface area contributed by atoms with Crippen LogP contribution >= 0.6 is 0 Å². The number of benzene rings is 1. The Kier molecular flexibility index (Phi) is 4.28. The first-order valence-electron chi connectivity index (χ1n) is 5.99. The van der Waals surface area contributed by atoms with E-state index in [2.05, 4.69) is 5.32 Å². The normalized spacial score (nSPS) is 16.7. The topological polar surface area (TPSA) is 58.6 Å². The standard InChI is InChI=1S/C13H16FNO3/c14-12-7-9(1-2-11(12)13(16)17)8-15-10-3-5-18-6-4-10/h1-2,7,10,15H,3-6,8H2,(H,16,17). The summed E-state index contributed by atoms with van der Waals surface area (Å²) in [4.78, 5) is 10.7. The van der Waals surface area contributed by atoms with E-state index in [0.717, 1.165) is 31.6 Å². The van der Waals surface area contributed by atoms with Crippen molar-refractivity contribution in [3.8, 4) is 0 Å². The van der Waals surface area contributed by atoms with Crippen molar-refractivity contribution in [3.63, 3.8) is 0 Å². The zero-order chi connectivity index (χ0) is 13.0. The maximum Gasteiger partial charge on any atom is 0.338 e. The molecule has 2 rings (SSSR count). The van der Waals surface area contributed by atoms with Crippen molar-refractivity contribution >= 4 is 5.97 Å². The van der Waals surface area contributed by atoms with Gasteiger partial charge in [0.25, 0.3) is 0 Å². The molecule has 0 bridgehead atoms. The number of carboxylic acids is 1. The summed E-state index contributed by atoms with van der Waals surface area (Å²) in [6.45, 7) is 2.05. The third kappa shape index (κ3) is 3.27. The molecule has 1 aliphatic heterocycles. The van der Waals surface area contributed by atoms with Gasteiger partial charge in [0.05, 0.1) is 5.56 Å². The number of ether oxygens (including phenoxy) is 1. The molecular formula is C13H16FNO3. The summed E-state index contributed by atoms with van der Waals surface area (Å²) in [5, 5.41) is 12.0. The molecule has 2 N–H and O–H groups in total. The van der Waals surface area contributed by atoms with Crippen LogP contribution in [-0.4, -0.2) is 30.3 Å². The molecule has 0 radical (unpaired) electrons. The zero-order valence-electron chi connectivity index (χ0n) is 9.99. The number of nitrogens with one attached hydrogen (secondary N) is 1. The maximum absolute atomic E-state index is 13.4. The van der Waals surface area contributed by atoms with Gasteiger partial charge >= 0.3 is 5.97 Å². The second kappa shape index (κ2) is 5.93. The molecule has 98 valence electrons. The molecule has 1 fully saturated rings. The van der Waals surface area contributed by atoms with Gasteiger partial charge in [-0.1, -0.05) is 6.07 Å². The number of carbonyl (C=O) groups is 1. The third-order valence-electron chi connectivity index (χ3n) is 3.08. The molecule has 0 aliphatic carbocycles. The van der Waals surface area contributed by atoms with Gasteiger partial charge in [-0.25, -0.2) is 9.18 Å². The highest BCUT2D eigenvalue weighted by Crippen LogP contribution is 2.12. The van der Waals surface area contributed by atoms with Crippen LogP contribution in [0.15, 0.2) is 18.2 Å². The van der Waals surface area contributed by atoms with Crippen LogP contribution in [0, 0.1) is 5.82 Å². The third-order valence-corrected chi connectivity index (χ3v) is 3.08. The Hall–Kier alpha value is -1.46. The summed E-state index contributed by atoms with van der Waals surface area (Å²) in [6, 6.07) is 4.61. The molecule has 1 aromatic rings. The molecule has 0 amide bonds. The van der Waals surface area contributed by atoms with Gasteiger partial charge in [0.15, 0.2) is 0 Å². The van der Waals surface area contributed by atoms with Crippen LogP contribution < -0.4 is 5.32 Å². The van der Waals surface area contributed by atoms with Crippen LogP contribution in [0.2, 0.25) is 0 Å². The van der Waals surface area contributed by atoms with E-state index in [0.29, 0.717) is 12.6 Å². The van der Waals surface area contributed by atoms with Crippen molar-refractivity contribution < 1.29 is 19.0 Å². The van der Waals surface area contributed by atoms with Gasteiger partial charge in [-0.05, 0) is 30.5 Å². The summed E-state index contributed by atoms with van der Waals surface area (Å²) in [6.07, 6.45) is 1.91. The SMILES string of the molecule is O=C(O)c1ccc(CNC2CCOCC2)cc1F. The van der Waals surface area contributed by atoms with E-state index >= 15 is 0 Å². The van der Waals surface area contributed by atoms with E-state index in [1.165, 1.54) is 12.1 Å². The van der Waals surface area contributed by atoms with E-state index in [4.69, 9.17) is 9.84 Å². The van der Waals surface area contributed by atoms with Crippen LogP contribution in [0.5, 0.6) is 0 Å². The predicted molar refractivity (Wildman–Crippen MR) is 64.0 cm³/mol. The minimum absolute atomic E-state index is 0.287. The molecular weight excluding hydrogens is 237 g/mol. The second-order valence-electron chi connectivity index (χ2n) is 4.39. The number of carboxylic acid groups (broad SMARTS) is 1. The number of rotatable bonds is 4. The largest absolute Gasteiger partial charge is 0.478 e. The van der Waals surface area contributed by atoms with Crippen molar-refractivity contribution in [1.29, 1.82) is 0 Å². The number of hydrogen-bond donors (Lipinski definition) is 2. The van der Waals surface area contributed by atoms with Crippen LogP contribution in [0.4, 0.5) is 4.39 Å². The van der Waals surface area contributed by atoms with Gasteiger partial charge in [-0.3, -0.25) is 0 Å².